The number of aliphatic hydroxyl groups excluding tert-OH is 1. The lowest BCUT2D eigenvalue weighted by Crippen LogP contribution is -2.69. The first-order chi connectivity index (χ1) is 12.4. The van der Waals surface area contributed by atoms with Crippen molar-refractivity contribution in [1.82, 2.24) is 0 Å². The highest BCUT2D eigenvalue weighted by Crippen LogP contribution is 2.39. The summed E-state index contributed by atoms with van der Waals surface area (Å²) in [6.45, 7) is 2.81. The largest absolute Gasteiger partial charge is 0.384 e. The van der Waals surface area contributed by atoms with Gasteiger partial charge in [0.1, 0.15) is 12.2 Å². The molecule has 0 amide bonds. The third-order valence-corrected chi connectivity index (χ3v) is 5.52. The van der Waals surface area contributed by atoms with E-state index in [1.165, 1.54) is 5.56 Å². The third-order valence-electron chi connectivity index (χ3n) is 5.52. The second kappa shape index (κ2) is 8.36. The molecule has 5 nitrogen and oxygen atoms in total. The number of unbranched alkanes of at least 4 members (excludes halogenated alkanes) is 1. The average Bonchev–Trinajstić information content (AvgIpc) is 2.61. The van der Waals surface area contributed by atoms with E-state index >= 15 is 0 Å². The van der Waals surface area contributed by atoms with Crippen molar-refractivity contribution >= 4 is 0 Å². The summed E-state index contributed by atoms with van der Waals surface area (Å²) in [5, 5.41) is 11.2. The Morgan fingerprint density at radius 1 is 1.12 bits per heavy atom. The Hall–Kier alpha value is -0.980. The highest BCUT2D eigenvalue weighted by Gasteiger charge is 2.54. The lowest BCUT2D eigenvalue weighted by Gasteiger charge is -2.51. The second-order valence-corrected chi connectivity index (χ2v) is 8.44. The first-order valence-electron chi connectivity index (χ1n) is 9.88. The van der Waals surface area contributed by atoms with Crippen molar-refractivity contribution in [2.75, 3.05) is 27.7 Å². The number of likely N-dealkylation sites (N-methyl/N-ethyl adjacent to an activating group) is 1. The van der Waals surface area contributed by atoms with E-state index in [0.717, 1.165) is 25.7 Å². The fourth-order valence-electron chi connectivity index (χ4n) is 4.10. The number of fused-ring (bicyclic) bond motifs is 1. The van der Waals surface area contributed by atoms with Crippen molar-refractivity contribution < 1.29 is 23.8 Å². The standard InChI is InChI=1S/C21H34NO4/c1-5-6-14-24-21-18(22(2,3)4)19(23)20-17(26-21)13-12-16(25-20)15-10-8-7-9-11-15/h7-11,16-21,23H,5-6,12-14H2,1-4H3/q+1/t16-,17-,18-,19+,20+,21+/m0/s1. The molecule has 1 aromatic carbocycles. The Bertz CT molecular complexity index is 559. The molecule has 5 heteroatoms. The molecule has 0 radical (unpaired) electrons. The van der Waals surface area contributed by atoms with E-state index in [9.17, 15) is 5.11 Å². The lowest BCUT2D eigenvalue weighted by molar-refractivity contribution is -0.910. The van der Waals surface area contributed by atoms with Crippen molar-refractivity contribution in [3.63, 3.8) is 0 Å². The fraction of sp³-hybridized carbons (Fsp3) is 0.714. The molecule has 6 atom stereocenters. The van der Waals surface area contributed by atoms with E-state index < -0.39 is 12.4 Å². The van der Waals surface area contributed by atoms with Gasteiger partial charge in [-0.25, -0.2) is 0 Å². The molecule has 0 aromatic heterocycles. The van der Waals surface area contributed by atoms with E-state index in [4.69, 9.17) is 14.2 Å². The van der Waals surface area contributed by atoms with Crippen molar-refractivity contribution in [1.29, 1.82) is 0 Å². The molecule has 2 aliphatic rings. The predicted molar refractivity (Wildman–Crippen MR) is 101 cm³/mol. The van der Waals surface area contributed by atoms with Crippen LogP contribution in [0.2, 0.25) is 0 Å². The predicted octanol–water partition coefficient (Wildman–Crippen LogP) is 2.88. The summed E-state index contributed by atoms with van der Waals surface area (Å²) >= 11 is 0. The average molecular weight is 365 g/mol. The van der Waals surface area contributed by atoms with Gasteiger partial charge < -0.3 is 23.8 Å². The molecule has 3 rings (SSSR count). The highest BCUT2D eigenvalue weighted by molar-refractivity contribution is 5.18. The Balaban J connectivity index is 1.75. The van der Waals surface area contributed by atoms with Crippen molar-refractivity contribution in [3.05, 3.63) is 35.9 Å². The van der Waals surface area contributed by atoms with Gasteiger partial charge in [0.25, 0.3) is 0 Å². The van der Waals surface area contributed by atoms with Gasteiger partial charge in [-0.15, -0.1) is 0 Å². The molecule has 0 aliphatic carbocycles. The summed E-state index contributed by atoms with van der Waals surface area (Å²) in [5.41, 5.74) is 1.17. The van der Waals surface area contributed by atoms with E-state index in [0.29, 0.717) is 11.1 Å². The summed E-state index contributed by atoms with van der Waals surface area (Å²) in [6, 6.07) is 10.1. The summed E-state index contributed by atoms with van der Waals surface area (Å²) in [4.78, 5) is 0. The Kier molecular flexibility index (Phi) is 6.36. The van der Waals surface area contributed by atoms with Crippen molar-refractivity contribution in [2.24, 2.45) is 0 Å². The SMILES string of the molecule is CCCCO[C@@H]1O[C@H]2CC[C@@H](c3ccccc3)O[C@H]2[C@H](O)[C@@H]1[N+](C)(C)C. The minimum atomic E-state index is -0.619. The van der Waals surface area contributed by atoms with Crippen molar-refractivity contribution in [3.8, 4) is 0 Å². The summed E-state index contributed by atoms with van der Waals surface area (Å²) in [7, 11) is 6.22. The van der Waals surface area contributed by atoms with Gasteiger partial charge in [0, 0.05) is 6.61 Å². The van der Waals surface area contributed by atoms with E-state index in [2.05, 4.69) is 40.2 Å². The molecule has 146 valence electrons. The van der Waals surface area contributed by atoms with Crippen LogP contribution in [-0.2, 0) is 14.2 Å². The van der Waals surface area contributed by atoms with Crippen LogP contribution in [0, 0.1) is 0 Å². The molecule has 0 bridgehead atoms. The molecule has 1 N–H and O–H groups in total. The minimum Gasteiger partial charge on any atom is -0.384 e. The summed E-state index contributed by atoms with van der Waals surface area (Å²) < 4.78 is 19.3. The monoisotopic (exact) mass is 364 g/mol. The van der Waals surface area contributed by atoms with Gasteiger partial charge in [0.2, 0.25) is 6.29 Å². The molecule has 2 heterocycles. The number of benzene rings is 1. The molecule has 0 unspecified atom stereocenters. The number of quaternary nitrogens is 1. The van der Waals surface area contributed by atoms with Gasteiger partial charge in [-0.3, -0.25) is 0 Å². The molecular weight excluding hydrogens is 330 g/mol. The van der Waals surface area contributed by atoms with E-state index in [1.807, 2.05) is 18.2 Å². The first-order valence-corrected chi connectivity index (χ1v) is 9.88. The molecule has 0 spiro atoms. The number of hydrogen-bond donors (Lipinski definition) is 1. The third kappa shape index (κ3) is 4.29. The van der Waals surface area contributed by atoms with Gasteiger partial charge in [0.05, 0.1) is 33.4 Å². The maximum Gasteiger partial charge on any atom is 0.213 e. The number of aliphatic hydroxyl groups is 1. The molecule has 1 aromatic rings. The molecule has 2 aliphatic heterocycles. The van der Waals surface area contributed by atoms with Crippen LogP contribution in [0.25, 0.3) is 0 Å². The van der Waals surface area contributed by atoms with Gasteiger partial charge >= 0.3 is 0 Å². The Morgan fingerprint density at radius 3 is 2.50 bits per heavy atom. The van der Waals surface area contributed by atoms with Crippen LogP contribution < -0.4 is 0 Å². The van der Waals surface area contributed by atoms with Gasteiger partial charge in [-0.2, -0.15) is 0 Å². The lowest BCUT2D eigenvalue weighted by atomic mass is 9.88. The fourth-order valence-corrected chi connectivity index (χ4v) is 4.10. The maximum absolute atomic E-state index is 11.2. The topological polar surface area (TPSA) is 47.9 Å². The quantitative estimate of drug-likeness (QED) is 0.623. The molecular formula is C21H34NO4+. The smallest absolute Gasteiger partial charge is 0.213 e. The zero-order valence-corrected chi connectivity index (χ0v) is 16.5. The van der Waals surface area contributed by atoms with Crippen LogP contribution in [0.4, 0.5) is 0 Å². The van der Waals surface area contributed by atoms with Crippen molar-refractivity contribution in [2.45, 2.75) is 69.4 Å². The summed E-state index contributed by atoms with van der Waals surface area (Å²) in [6.07, 6.45) is 2.43. The maximum atomic E-state index is 11.2. The van der Waals surface area contributed by atoms with Crippen LogP contribution in [-0.4, -0.2) is 68.0 Å². The highest BCUT2D eigenvalue weighted by atomic mass is 16.7. The first kappa shape index (κ1) is 19.8. The van der Waals surface area contributed by atoms with Gasteiger partial charge in [0.15, 0.2) is 6.04 Å². The molecule has 0 saturated carbocycles. The van der Waals surface area contributed by atoms with Crippen LogP contribution >= 0.6 is 0 Å². The van der Waals surface area contributed by atoms with E-state index in [-0.39, 0.29) is 24.4 Å². The zero-order valence-electron chi connectivity index (χ0n) is 16.5. The summed E-state index contributed by atoms with van der Waals surface area (Å²) in [5.74, 6) is 0. The van der Waals surface area contributed by atoms with Crippen LogP contribution in [0.5, 0.6) is 0 Å². The molecule has 2 saturated heterocycles. The second-order valence-electron chi connectivity index (χ2n) is 8.44. The molecule has 26 heavy (non-hydrogen) atoms. The molecule has 2 fully saturated rings. The number of nitrogens with zero attached hydrogens (tertiary/aromatic N) is 1. The van der Waals surface area contributed by atoms with Gasteiger partial charge in [-0.05, 0) is 24.8 Å². The Labute approximate surface area is 157 Å². The minimum absolute atomic E-state index is 0.0152. The zero-order chi connectivity index (χ0) is 18.7. The Morgan fingerprint density at radius 2 is 1.85 bits per heavy atom. The van der Waals surface area contributed by atoms with Gasteiger partial charge in [-0.1, -0.05) is 43.7 Å². The van der Waals surface area contributed by atoms with E-state index in [1.54, 1.807) is 0 Å². The van der Waals surface area contributed by atoms with Crippen LogP contribution in [0.15, 0.2) is 30.3 Å². The normalized spacial score (nSPS) is 35.1. The van der Waals surface area contributed by atoms with Crippen LogP contribution in [0.1, 0.15) is 44.3 Å². The number of hydrogen-bond acceptors (Lipinski definition) is 4. The number of rotatable bonds is 6. The number of ether oxygens (including phenoxy) is 3. The van der Waals surface area contributed by atoms with Crippen LogP contribution in [0.3, 0.4) is 0 Å².